The highest BCUT2D eigenvalue weighted by Gasteiger charge is 1.99. The molecule has 0 fully saturated rings. The van der Waals surface area contributed by atoms with Crippen molar-refractivity contribution in [1.29, 1.82) is 0 Å². The predicted molar refractivity (Wildman–Crippen MR) is 62.4 cm³/mol. The van der Waals surface area contributed by atoms with Gasteiger partial charge in [-0.3, -0.25) is 0 Å². The van der Waals surface area contributed by atoms with Crippen molar-refractivity contribution in [2.75, 3.05) is 37.9 Å². The largest absolute Gasteiger partial charge is 0.495 e. The Morgan fingerprint density at radius 2 is 2.20 bits per heavy atom. The average Bonchev–Trinajstić information content (AvgIpc) is 2.26. The molecule has 84 valence electrons. The SMILES string of the molecule is CCOCCNc1ccc(N)c(OC)c1. The van der Waals surface area contributed by atoms with E-state index in [0.717, 1.165) is 18.8 Å². The summed E-state index contributed by atoms with van der Waals surface area (Å²) in [5, 5.41) is 3.22. The number of methoxy groups -OCH3 is 1. The van der Waals surface area contributed by atoms with E-state index < -0.39 is 0 Å². The van der Waals surface area contributed by atoms with Crippen molar-refractivity contribution >= 4 is 11.4 Å². The molecule has 0 bridgehead atoms. The van der Waals surface area contributed by atoms with Crippen LogP contribution in [0.4, 0.5) is 11.4 Å². The molecule has 0 aliphatic heterocycles. The summed E-state index contributed by atoms with van der Waals surface area (Å²) in [5.74, 6) is 0.691. The van der Waals surface area contributed by atoms with E-state index in [9.17, 15) is 0 Å². The van der Waals surface area contributed by atoms with E-state index in [2.05, 4.69) is 5.32 Å². The van der Waals surface area contributed by atoms with Crippen molar-refractivity contribution in [3.63, 3.8) is 0 Å². The summed E-state index contributed by atoms with van der Waals surface area (Å²) in [5.41, 5.74) is 7.33. The number of hydrogen-bond acceptors (Lipinski definition) is 4. The Hall–Kier alpha value is -1.42. The Balaban J connectivity index is 2.47. The zero-order valence-corrected chi connectivity index (χ0v) is 9.25. The normalized spacial score (nSPS) is 10.0. The molecule has 1 aromatic rings. The molecule has 15 heavy (non-hydrogen) atoms. The van der Waals surface area contributed by atoms with Crippen molar-refractivity contribution in [3.8, 4) is 5.75 Å². The zero-order valence-electron chi connectivity index (χ0n) is 9.25. The first kappa shape index (κ1) is 11.7. The number of anilines is 2. The van der Waals surface area contributed by atoms with Crippen molar-refractivity contribution in [3.05, 3.63) is 18.2 Å². The van der Waals surface area contributed by atoms with Crippen LogP contribution in [0.1, 0.15) is 6.92 Å². The first-order valence-corrected chi connectivity index (χ1v) is 5.03. The molecule has 4 nitrogen and oxygen atoms in total. The zero-order chi connectivity index (χ0) is 11.1. The highest BCUT2D eigenvalue weighted by molar-refractivity contribution is 5.61. The molecule has 0 saturated heterocycles. The van der Waals surface area contributed by atoms with E-state index in [1.165, 1.54) is 0 Å². The smallest absolute Gasteiger partial charge is 0.143 e. The Morgan fingerprint density at radius 1 is 1.40 bits per heavy atom. The fourth-order valence-electron chi connectivity index (χ4n) is 1.23. The van der Waals surface area contributed by atoms with Crippen LogP contribution in [0.5, 0.6) is 5.75 Å². The van der Waals surface area contributed by atoms with Gasteiger partial charge in [0.25, 0.3) is 0 Å². The number of rotatable bonds is 6. The lowest BCUT2D eigenvalue weighted by atomic mass is 10.2. The summed E-state index contributed by atoms with van der Waals surface area (Å²) in [7, 11) is 1.61. The quantitative estimate of drug-likeness (QED) is 0.554. The molecule has 0 atom stereocenters. The maximum Gasteiger partial charge on any atom is 0.143 e. The number of hydrogen-bond donors (Lipinski definition) is 2. The van der Waals surface area contributed by atoms with Crippen molar-refractivity contribution in [2.24, 2.45) is 0 Å². The predicted octanol–water partition coefficient (Wildman–Crippen LogP) is 1.73. The molecule has 0 aliphatic carbocycles. The third kappa shape index (κ3) is 3.67. The highest BCUT2D eigenvalue weighted by atomic mass is 16.5. The van der Waals surface area contributed by atoms with Gasteiger partial charge in [-0.05, 0) is 19.1 Å². The van der Waals surface area contributed by atoms with Gasteiger partial charge < -0.3 is 20.5 Å². The summed E-state index contributed by atoms with van der Waals surface area (Å²) < 4.78 is 10.3. The second-order valence-electron chi connectivity index (χ2n) is 3.08. The van der Waals surface area contributed by atoms with E-state index in [1.54, 1.807) is 7.11 Å². The minimum absolute atomic E-state index is 0.646. The van der Waals surface area contributed by atoms with Gasteiger partial charge in [0.2, 0.25) is 0 Å². The lowest BCUT2D eigenvalue weighted by Gasteiger charge is -2.09. The standard InChI is InChI=1S/C11H18N2O2/c1-3-15-7-6-13-9-4-5-10(12)11(8-9)14-2/h4-5,8,13H,3,6-7,12H2,1-2H3. The molecule has 0 aromatic heterocycles. The molecule has 0 aliphatic rings. The fourth-order valence-corrected chi connectivity index (χ4v) is 1.23. The molecule has 0 amide bonds. The summed E-state index contributed by atoms with van der Waals surface area (Å²) in [6.45, 7) is 4.20. The first-order valence-electron chi connectivity index (χ1n) is 5.03. The van der Waals surface area contributed by atoms with Gasteiger partial charge in [0.15, 0.2) is 0 Å². The third-order valence-electron chi connectivity index (χ3n) is 2.01. The summed E-state index contributed by atoms with van der Waals surface area (Å²) in [4.78, 5) is 0. The lowest BCUT2D eigenvalue weighted by molar-refractivity contribution is 0.158. The van der Waals surface area contributed by atoms with Gasteiger partial charge in [-0.2, -0.15) is 0 Å². The molecule has 1 aromatic carbocycles. The number of nitrogens with one attached hydrogen (secondary N) is 1. The number of nitrogens with two attached hydrogens (primary N) is 1. The van der Waals surface area contributed by atoms with Crippen LogP contribution >= 0.6 is 0 Å². The van der Waals surface area contributed by atoms with Crippen LogP contribution in [0.25, 0.3) is 0 Å². The third-order valence-corrected chi connectivity index (χ3v) is 2.01. The van der Waals surface area contributed by atoms with Gasteiger partial charge >= 0.3 is 0 Å². The maximum absolute atomic E-state index is 5.70. The van der Waals surface area contributed by atoms with Crippen molar-refractivity contribution in [1.82, 2.24) is 0 Å². The molecule has 4 heteroatoms. The Morgan fingerprint density at radius 3 is 2.87 bits per heavy atom. The van der Waals surface area contributed by atoms with Crippen LogP contribution in [-0.2, 0) is 4.74 Å². The van der Waals surface area contributed by atoms with Gasteiger partial charge in [0, 0.05) is 24.9 Å². The molecule has 3 N–H and O–H groups in total. The second-order valence-corrected chi connectivity index (χ2v) is 3.08. The van der Waals surface area contributed by atoms with Gasteiger partial charge in [0.05, 0.1) is 19.4 Å². The number of nitrogen functional groups attached to an aromatic ring is 1. The Bertz CT molecular complexity index is 303. The van der Waals surface area contributed by atoms with Crippen LogP contribution in [0.3, 0.4) is 0 Å². The molecule has 0 heterocycles. The average molecular weight is 210 g/mol. The Kier molecular flexibility index (Phi) is 4.77. The summed E-state index contributed by atoms with van der Waals surface area (Å²) >= 11 is 0. The van der Waals surface area contributed by atoms with Crippen molar-refractivity contribution in [2.45, 2.75) is 6.92 Å². The van der Waals surface area contributed by atoms with E-state index in [0.29, 0.717) is 18.0 Å². The van der Waals surface area contributed by atoms with E-state index >= 15 is 0 Å². The first-order chi connectivity index (χ1) is 7.27. The van der Waals surface area contributed by atoms with E-state index in [1.807, 2.05) is 25.1 Å². The Labute approximate surface area is 90.4 Å². The van der Waals surface area contributed by atoms with Crippen molar-refractivity contribution < 1.29 is 9.47 Å². The van der Waals surface area contributed by atoms with Gasteiger partial charge in [-0.25, -0.2) is 0 Å². The summed E-state index contributed by atoms with van der Waals surface area (Å²) in [6, 6.07) is 5.62. The lowest BCUT2D eigenvalue weighted by Crippen LogP contribution is -2.09. The fraction of sp³-hybridized carbons (Fsp3) is 0.455. The minimum atomic E-state index is 0.646. The van der Waals surface area contributed by atoms with Gasteiger partial charge in [-0.1, -0.05) is 0 Å². The second kappa shape index (κ2) is 6.14. The number of ether oxygens (including phenoxy) is 2. The molecule has 0 radical (unpaired) electrons. The van der Waals surface area contributed by atoms with E-state index in [-0.39, 0.29) is 0 Å². The van der Waals surface area contributed by atoms with Crippen LogP contribution in [-0.4, -0.2) is 26.9 Å². The molecule has 0 unspecified atom stereocenters. The molecule has 0 spiro atoms. The van der Waals surface area contributed by atoms with Crippen LogP contribution in [0.15, 0.2) is 18.2 Å². The molecular formula is C11H18N2O2. The highest BCUT2D eigenvalue weighted by Crippen LogP contribution is 2.24. The summed E-state index contributed by atoms with van der Waals surface area (Å²) in [6.07, 6.45) is 0. The van der Waals surface area contributed by atoms with Crippen LogP contribution in [0, 0.1) is 0 Å². The molecule has 1 rings (SSSR count). The van der Waals surface area contributed by atoms with Crippen LogP contribution < -0.4 is 15.8 Å². The van der Waals surface area contributed by atoms with Gasteiger partial charge in [0.1, 0.15) is 5.75 Å². The molecular weight excluding hydrogens is 192 g/mol. The minimum Gasteiger partial charge on any atom is -0.495 e. The molecule has 0 saturated carbocycles. The van der Waals surface area contributed by atoms with Gasteiger partial charge in [-0.15, -0.1) is 0 Å². The van der Waals surface area contributed by atoms with Crippen LogP contribution in [0.2, 0.25) is 0 Å². The van der Waals surface area contributed by atoms with E-state index in [4.69, 9.17) is 15.2 Å². The topological polar surface area (TPSA) is 56.5 Å². The monoisotopic (exact) mass is 210 g/mol. The number of benzene rings is 1. The maximum atomic E-state index is 5.70.